The van der Waals surface area contributed by atoms with E-state index in [0.29, 0.717) is 17.1 Å². The van der Waals surface area contributed by atoms with Crippen molar-refractivity contribution in [1.29, 1.82) is 5.26 Å². The normalized spacial score (nSPS) is 11.0. The Morgan fingerprint density at radius 3 is 2.76 bits per heavy atom. The van der Waals surface area contributed by atoms with E-state index in [4.69, 9.17) is 14.2 Å². The van der Waals surface area contributed by atoms with Crippen LogP contribution in [0.25, 0.3) is 17.0 Å². The number of para-hydroxylation sites is 1. The number of nitriles is 1. The van der Waals surface area contributed by atoms with Crippen LogP contribution in [0.5, 0.6) is 11.5 Å². The molecule has 0 saturated carbocycles. The number of fused-ring (bicyclic) bond motifs is 1. The van der Waals surface area contributed by atoms with Crippen LogP contribution in [0.15, 0.2) is 60.3 Å². The fourth-order valence-corrected chi connectivity index (χ4v) is 2.86. The van der Waals surface area contributed by atoms with Gasteiger partial charge in [0.05, 0.1) is 13.7 Å². The first-order valence-corrected chi connectivity index (χ1v) is 9.08. The second kappa shape index (κ2) is 9.38. The molecule has 2 aromatic carbocycles. The highest BCUT2D eigenvalue weighted by atomic mass is 16.5. The summed E-state index contributed by atoms with van der Waals surface area (Å²) in [6, 6.07) is 16.8. The molecule has 0 aliphatic rings. The van der Waals surface area contributed by atoms with E-state index < -0.39 is 5.97 Å². The average Bonchev–Trinajstić information content (AvgIpc) is 2.76. The average molecular weight is 388 g/mol. The molecule has 0 aliphatic carbocycles. The number of ether oxygens (including phenoxy) is 3. The minimum atomic E-state index is -0.648. The number of aromatic nitrogens is 1. The fourth-order valence-electron chi connectivity index (χ4n) is 2.86. The molecule has 29 heavy (non-hydrogen) atoms. The zero-order valence-corrected chi connectivity index (χ0v) is 16.2. The molecule has 3 aromatic rings. The third-order valence-electron chi connectivity index (χ3n) is 4.21. The Kier molecular flexibility index (Phi) is 6.43. The van der Waals surface area contributed by atoms with Crippen molar-refractivity contribution in [3.05, 3.63) is 71.4 Å². The molecule has 6 nitrogen and oxygen atoms in total. The topological polar surface area (TPSA) is 81.4 Å². The minimum Gasteiger partial charge on any atom is -0.496 e. The Morgan fingerprint density at radius 2 is 2.00 bits per heavy atom. The Morgan fingerprint density at radius 1 is 1.17 bits per heavy atom. The van der Waals surface area contributed by atoms with Crippen molar-refractivity contribution < 1.29 is 19.0 Å². The molecular formula is C23H20N2O4. The van der Waals surface area contributed by atoms with Gasteiger partial charge in [0.15, 0.2) is 0 Å². The van der Waals surface area contributed by atoms with E-state index in [1.54, 1.807) is 32.4 Å². The van der Waals surface area contributed by atoms with E-state index in [1.165, 1.54) is 6.08 Å². The molecule has 0 spiro atoms. The fraction of sp³-hybridized carbons (Fsp3) is 0.174. The summed E-state index contributed by atoms with van der Waals surface area (Å²) in [5.74, 6) is 0.658. The number of carbonyl (C=O) groups excluding carboxylic acids is 1. The summed E-state index contributed by atoms with van der Waals surface area (Å²) < 4.78 is 16.3. The van der Waals surface area contributed by atoms with Crippen LogP contribution in [-0.2, 0) is 16.1 Å². The predicted octanol–water partition coefficient (Wildman–Crippen LogP) is 4.29. The summed E-state index contributed by atoms with van der Waals surface area (Å²) in [6.07, 6.45) is 3.21. The highest BCUT2D eigenvalue weighted by Crippen LogP contribution is 2.27. The van der Waals surface area contributed by atoms with E-state index in [1.807, 2.05) is 42.5 Å². The summed E-state index contributed by atoms with van der Waals surface area (Å²) in [6.45, 7) is 2.14. The van der Waals surface area contributed by atoms with Gasteiger partial charge in [-0.2, -0.15) is 5.26 Å². The van der Waals surface area contributed by atoms with Gasteiger partial charge in [0.2, 0.25) is 0 Å². The molecule has 6 heteroatoms. The quantitative estimate of drug-likeness (QED) is 0.341. The Balaban J connectivity index is 1.88. The molecule has 3 rings (SSSR count). The number of methoxy groups -OCH3 is 1. The van der Waals surface area contributed by atoms with Gasteiger partial charge in [-0.15, -0.1) is 0 Å². The van der Waals surface area contributed by atoms with E-state index in [-0.39, 0.29) is 18.8 Å². The second-order valence-corrected chi connectivity index (χ2v) is 6.08. The number of pyridine rings is 1. The largest absolute Gasteiger partial charge is 0.496 e. The van der Waals surface area contributed by atoms with Crippen molar-refractivity contribution in [2.24, 2.45) is 0 Å². The number of hydrogen-bond donors (Lipinski definition) is 0. The van der Waals surface area contributed by atoms with Crippen molar-refractivity contribution in [2.45, 2.75) is 13.5 Å². The van der Waals surface area contributed by atoms with Crippen molar-refractivity contribution >= 4 is 22.9 Å². The first-order valence-electron chi connectivity index (χ1n) is 9.08. The maximum absolute atomic E-state index is 11.9. The van der Waals surface area contributed by atoms with Gasteiger partial charge in [-0.25, -0.2) is 4.79 Å². The first kappa shape index (κ1) is 19.9. The monoisotopic (exact) mass is 388 g/mol. The molecule has 0 N–H and O–H groups in total. The lowest BCUT2D eigenvalue weighted by molar-refractivity contribution is -0.137. The van der Waals surface area contributed by atoms with Crippen LogP contribution in [0.4, 0.5) is 0 Å². The summed E-state index contributed by atoms with van der Waals surface area (Å²) >= 11 is 0. The minimum absolute atomic E-state index is 0.0675. The third kappa shape index (κ3) is 4.71. The molecule has 0 atom stereocenters. The van der Waals surface area contributed by atoms with Crippen LogP contribution >= 0.6 is 0 Å². The molecule has 0 amide bonds. The lowest BCUT2D eigenvalue weighted by Gasteiger charge is -2.12. The highest BCUT2D eigenvalue weighted by molar-refractivity contribution is 5.97. The molecule has 1 heterocycles. The van der Waals surface area contributed by atoms with Crippen molar-refractivity contribution in [3.8, 4) is 17.6 Å². The number of rotatable bonds is 7. The first-order chi connectivity index (χ1) is 14.2. The molecule has 0 saturated heterocycles. The number of nitrogens with zero attached hydrogens (tertiary/aromatic N) is 2. The van der Waals surface area contributed by atoms with Gasteiger partial charge in [-0.1, -0.05) is 24.3 Å². The summed E-state index contributed by atoms with van der Waals surface area (Å²) in [5, 5.41) is 10.2. The summed E-state index contributed by atoms with van der Waals surface area (Å²) in [4.78, 5) is 16.2. The SMILES string of the molecule is CCOC(=O)C(C#N)=Cc1ccc(OC)c(COc2cccc3cccnc23)c1. The van der Waals surface area contributed by atoms with Crippen LogP contribution in [0, 0.1) is 11.3 Å². The molecule has 0 aliphatic heterocycles. The van der Waals surface area contributed by atoms with Crippen molar-refractivity contribution in [3.63, 3.8) is 0 Å². The molecule has 0 radical (unpaired) electrons. The van der Waals surface area contributed by atoms with Gasteiger partial charge >= 0.3 is 5.97 Å². The molecule has 0 unspecified atom stereocenters. The molecule has 1 aromatic heterocycles. The van der Waals surface area contributed by atoms with E-state index >= 15 is 0 Å². The van der Waals surface area contributed by atoms with Gasteiger partial charge in [0.1, 0.15) is 35.3 Å². The molecule has 0 fully saturated rings. The second-order valence-electron chi connectivity index (χ2n) is 6.08. The molecular weight excluding hydrogens is 368 g/mol. The molecule has 0 bridgehead atoms. The van der Waals surface area contributed by atoms with Crippen LogP contribution in [0.1, 0.15) is 18.1 Å². The maximum Gasteiger partial charge on any atom is 0.348 e. The smallest absolute Gasteiger partial charge is 0.348 e. The predicted molar refractivity (Wildman–Crippen MR) is 109 cm³/mol. The third-order valence-corrected chi connectivity index (χ3v) is 4.21. The standard InChI is InChI=1S/C23H20N2O4/c1-3-28-23(26)18(14-24)12-16-9-10-20(27-2)19(13-16)15-29-21-8-4-6-17-7-5-11-25-22(17)21/h4-13H,3,15H2,1-2H3. The highest BCUT2D eigenvalue weighted by Gasteiger charge is 2.12. The van der Waals surface area contributed by atoms with E-state index in [9.17, 15) is 10.1 Å². The number of esters is 1. The van der Waals surface area contributed by atoms with Gasteiger partial charge in [0, 0.05) is 17.1 Å². The Bertz CT molecular complexity index is 1090. The zero-order valence-electron chi connectivity index (χ0n) is 16.2. The lowest BCUT2D eigenvalue weighted by atomic mass is 10.1. The van der Waals surface area contributed by atoms with E-state index in [2.05, 4.69) is 4.98 Å². The zero-order chi connectivity index (χ0) is 20.6. The van der Waals surface area contributed by atoms with Crippen molar-refractivity contribution in [1.82, 2.24) is 4.98 Å². The van der Waals surface area contributed by atoms with Gasteiger partial charge in [-0.3, -0.25) is 4.98 Å². The van der Waals surface area contributed by atoms with Crippen LogP contribution in [-0.4, -0.2) is 24.7 Å². The van der Waals surface area contributed by atoms with E-state index in [0.717, 1.165) is 16.5 Å². The number of carbonyl (C=O) groups is 1. The van der Waals surface area contributed by atoms with Crippen LogP contribution < -0.4 is 9.47 Å². The Hall–Kier alpha value is -3.85. The van der Waals surface area contributed by atoms with Crippen molar-refractivity contribution in [2.75, 3.05) is 13.7 Å². The molecule has 146 valence electrons. The Labute approximate surface area is 169 Å². The van der Waals surface area contributed by atoms with Crippen LogP contribution in [0.3, 0.4) is 0 Å². The maximum atomic E-state index is 11.9. The number of hydrogen-bond acceptors (Lipinski definition) is 6. The lowest BCUT2D eigenvalue weighted by Crippen LogP contribution is -2.06. The van der Waals surface area contributed by atoms with Gasteiger partial charge in [-0.05, 0) is 42.8 Å². The van der Waals surface area contributed by atoms with Crippen LogP contribution in [0.2, 0.25) is 0 Å². The van der Waals surface area contributed by atoms with Gasteiger partial charge < -0.3 is 14.2 Å². The summed E-state index contributed by atoms with van der Waals surface area (Å²) in [7, 11) is 1.58. The number of benzene rings is 2. The van der Waals surface area contributed by atoms with Gasteiger partial charge in [0.25, 0.3) is 0 Å². The summed E-state index contributed by atoms with van der Waals surface area (Å²) in [5.41, 5.74) is 2.15.